The van der Waals surface area contributed by atoms with E-state index >= 15 is 0 Å². The SMILES string of the molecule is CCN(CC)[C@H]1CCN(C(=O)c2cnc(NC(C)C)nc2)C1. The van der Waals surface area contributed by atoms with Crippen molar-refractivity contribution in [1.29, 1.82) is 0 Å². The molecule has 122 valence electrons. The van der Waals surface area contributed by atoms with Crippen LogP contribution in [0.2, 0.25) is 0 Å². The van der Waals surface area contributed by atoms with Crippen LogP contribution in [0.1, 0.15) is 44.5 Å². The highest BCUT2D eigenvalue weighted by Crippen LogP contribution is 2.17. The summed E-state index contributed by atoms with van der Waals surface area (Å²) in [4.78, 5) is 25.3. The first-order chi connectivity index (χ1) is 10.5. The monoisotopic (exact) mass is 305 g/mol. The number of aromatic nitrogens is 2. The van der Waals surface area contributed by atoms with Crippen LogP contribution in [0.3, 0.4) is 0 Å². The smallest absolute Gasteiger partial charge is 0.257 e. The molecule has 6 nitrogen and oxygen atoms in total. The molecule has 1 saturated heterocycles. The highest BCUT2D eigenvalue weighted by molar-refractivity contribution is 5.93. The lowest BCUT2D eigenvalue weighted by molar-refractivity contribution is 0.0777. The molecule has 0 unspecified atom stereocenters. The number of hydrogen-bond donors (Lipinski definition) is 1. The van der Waals surface area contributed by atoms with Crippen molar-refractivity contribution in [3.05, 3.63) is 18.0 Å². The van der Waals surface area contributed by atoms with E-state index in [0.29, 0.717) is 17.6 Å². The summed E-state index contributed by atoms with van der Waals surface area (Å²) in [6, 6.07) is 0.747. The third-order valence-electron chi connectivity index (χ3n) is 4.10. The van der Waals surface area contributed by atoms with E-state index in [1.165, 1.54) is 0 Å². The lowest BCUT2D eigenvalue weighted by Crippen LogP contribution is -2.38. The van der Waals surface area contributed by atoms with Crippen LogP contribution in [0.15, 0.2) is 12.4 Å². The molecule has 1 aromatic rings. The molecule has 2 rings (SSSR count). The summed E-state index contributed by atoms with van der Waals surface area (Å²) >= 11 is 0. The van der Waals surface area contributed by atoms with E-state index < -0.39 is 0 Å². The van der Waals surface area contributed by atoms with Gasteiger partial charge in [0.25, 0.3) is 5.91 Å². The Hall–Kier alpha value is -1.69. The van der Waals surface area contributed by atoms with Gasteiger partial charge in [-0.05, 0) is 33.4 Å². The van der Waals surface area contributed by atoms with Crippen LogP contribution in [-0.4, -0.2) is 63.9 Å². The average molecular weight is 305 g/mol. The van der Waals surface area contributed by atoms with E-state index in [4.69, 9.17) is 0 Å². The largest absolute Gasteiger partial charge is 0.352 e. The molecule has 1 N–H and O–H groups in total. The molecule has 1 aliphatic heterocycles. The van der Waals surface area contributed by atoms with Gasteiger partial charge in [-0.1, -0.05) is 13.8 Å². The average Bonchev–Trinajstić information content (AvgIpc) is 2.98. The second-order valence-corrected chi connectivity index (χ2v) is 6.01. The summed E-state index contributed by atoms with van der Waals surface area (Å²) in [7, 11) is 0. The molecular weight excluding hydrogens is 278 g/mol. The number of nitrogens with zero attached hydrogens (tertiary/aromatic N) is 4. The summed E-state index contributed by atoms with van der Waals surface area (Å²) in [6.07, 6.45) is 4.27. The topological polar surface area (TPSA) is 61.4 Å². The summed E-state index contributed by atoms with van der Waals surface area (Å²) < 4.78 is 0. The fourth-order valence-corrected chi connectivity index (χ4v) is 2.92. The maximum Gasteiger partial charge on any atom is 0.257 e. The normalized spacial score (nSPS) is 18.3. The number of likely N-dealkylation sites (tertiary alicyclic amines) is 1. The molecule has 0 bridgehead atoms. The highest BCUT2D eigenvalue weighted by atomic mass is 16.2. The van der Waals surface area contributed by atoms with E-state index in [-0.39, 0.29) is 11.9 Å². The van der Waals surface area contributed by atoms with Gasteiger partial charge in [-0.2, -0.15) is 0 Å². The molecule has 0 saturated carbocycles. The fourth-order valence-electron chi connectivity index (χ4n) is 2.92. The van der Waals surface area contributed by atoms with Gasteiger partial charge in [-0.25, -0.2) is 9.97 Å². The van der Waals surface area contributed by atoms with Crippen molar-refractivity contribution in [3.8, 4) is 0 Å². The molecule has 1 aliphatic rings. The lowest BCUT2D eigenvalue weighted by Gasteiger charge is -2.26. The van der Waals surface area contributed by atoms with Crippen LogP contribution in [0, 0.1) is 0 Å². The maximum atomic E-state index is 12.5. The molecule has 6 heteroatoms. The molecule has 0 aromatic carbocycles. The maximum absolute atomic E-state index is 12.5. The zero-order chi connectivity index (χ0) is 16.1. The number of carbonyl (C=O) groups excluding carboxylic acids is 1. The highest BCUT2D eigenvalue weighted by Gasteiger charge is 2.29. The third-order valence-corrected chi connectivity index (χ3v) is 4.10. The van der Waals surface area contributed by atoms with E-state index in [1.54, 1.807) is 12.4 Å². The summed E-state index contributed by atoms with van der Waals surface area (Å²) in [5, 5.41) is 3.12. The Bertz CT molecular complexity index is 484. The molecule has 2 heterocycles. The van der Waals surface area contributed by atoms with Gasteiger partial charge in [0.2, 0.25) is 5.95 Å². The van der Waals surface area contributed by atoms with Gasteiger partial charge in [0, 0.05) is 37.6 Å². The van der Waals surface area contributed by atoms with E-state index in [2.05, 4.69) is 34.0 Å². The minimum atomic E-state index is 0.0331. The molecule has 0 aliphatic carbocycles. The Labute approximate surface area is 132 Å². The van der Waals surface area contributed by atoms with E-state index in [0.717, 1.165) is 32.6 Å². The Balaban J connectivity index is 1.97. The molecule has 1 amide bonds. The first-order valence-corrected chi connectivity index (χ1v) is 8.17. The van der Waals surface area contributed by atoms with Gasteiger partial charge in [-0.3, -0.25) is 9.69 Å². The minimum absolute atomic E-state index is 0.0331. The Morgan fingerprint density at radius 2 is 2.00 bits per heavy atom. The Kier molecular flexibility index (Phi) is 5.71. The van der Waals surface area contributed by atoms with Gasteiger partial charge < -0.3 is 10.2 Å². The molecule has 1 fully saturated rings. The van der Waals surface area contributed by atoms with Crippen molar-refractivity contribution in [3.63, 3.8) is 0 Å². The zero-order valence-electron chi connectivity index (χ0n) is 14.0. The van der Waals surface area contributed by atoms with Gasteiger partial charge in [0.05, 0.1) is 5.56 Å². The van der Waals surface area contributed by atoms with Crippen molar-refractivity contribution in [2.24, 2.45) is 0 Å². The van der Waals surface area contributed by atoms with Crippen LogP contribution in [-0.2, 0) is 0 Å². The first kappa shape index (κ1) is 16.7. The molecule has 0 spiro atoms. The summed E-state index contributed by atoms with van der Waals surface area (Å²) in [5.41, 5.74) is 0.564. The van der Waals surface area contributed by atoms with Crippen LogP contribution >= 0.6 is 0 Å². The predicted octanol–water partition coefficient (Wildman–Crippen LogP) is 1.85. The second-order valence-electron chi connectivity index (χ2n) is 6.01. The van der Waals surface area contributed by atoms with E-state index in [9.17, 15) is 4.79 Å². The second kappa shape index (κ2) is 7.54. The number of rotatable bonds is 6. The Morgan fingerprint density at radius 3 is 2.55 bits per heavy atom. The quantitative estimate of drug-likeness (QED) is 0.869. The van der Waals surface area contributed by atoms with Crippen molar-refractivity contribution in [2.75, 3.05) is 31.5 Å². The van der Waals surface area contributed by atoms with Gasteiger partial charge in [0.1, 0.15) is 0 Å². The molecule has 0 radical (unpaired) electrons. The standard InChI is InChI=1S/C16H27N5O/c1-5-20(6-2)14-7-8-21(11-14)15(22)13-9-17-16(18-10-13)19-12(3)4/h9-10,12,14H,5-8,11H2,1-4H3,(H,17,18,19)/t14-/m0/s1. The van der Waals surface area contributed by atoms with Gasteiger partial charge in [0.15, 0.2) is 0 Å². The summed E-state index contributed by atoms with van der Waals surface area (Å²) in [6.45, 7) is 12.1. The molecular formula is C16H27N5O. The van der Waals surface area contributed by atoms with Crippen molar-refractivity contribution < 1.29 is 4.79 Å². The number of carbonyl (C=O) groups is 1. The Morgan fingerprint density at radius 1 is 1.36 bits per heavy atom. The van der Waals surface area contributed by atoms with Crippen LogP contribution < -0.4 is 5.32 Å². The lowest BCUT2D eigenvalue weighted by atomic mass is 10.2. The first-order valence-electron chi connectivity index (χ1n) is 8.17. The molecule has 1 aromatic heterocycles. The number of likely N-dealkylation sites (N-methyl/N-ethyl adjacent to an activating group) is 1. The molecule has 1 atom stereocenters. The van der Waals surface area contributed by atoms with Gasteiger partial charge in [-0.15, -0.1) is 0 Å². The number of nitrogens with one attached hydrogen (secondary N) is 1. The fraction of sp³-hybridized carbons (Fsp3) is 0.688. The number of amides is 1. The summed E-state index contributed by atoms with van der Waals surface area (Å²) in [5.74, 6) is 0.597. The van der Waals surface area contributed by atoms with Crippen LogP contribution in [0.5, 0.6) is 0 Å². The number of hydrogen-bond acceptors (Lipinski definition) is 5. The van der Waals surface area contributed by atoms with Gasteiger partial charge >= 0.3 is 0 Å². The third kappa shape index (κ3) is 3.94. The molecule has 22 heavy (non-hydrogen) atoms. The van der Waals surface area contributed by atoms with Crippen molar-refractivity contribution in [2.45, 2.75) is 46.2 Å². The van der Waals surface area contributed by atoms with Crippen molar-refractivity contribution in [1.82, 2.24) is 19.8 Å². The minimum Gasteiger partial charge on any atom is -0.352 e. The van der Waals surface area contributed by atoms with E-state index in [1.807, 2.05) is 18.7 Å². The van der Waals surface area contributed by atoms with Crippen molar-refractivity contribution >= 4 is 11.9 Å². The van der Waals surface area contributed by atoms with Crippen LogP contribution in [0.25, 0.3) is 0 Å². The number of anilines is 1. The predicted molar refractivity (Wildman–Crippen MR) is 88.0 cm³/mol. The van der Waals surface area contributed by atoms with Crippen LogP contribution in [0.4, 0.5) is 5.95 Å². The zero-order valence-corrected chi connectivity index (χ0v) is 14.0.